The molecule has 0 saturated carbocycles. The molecule has 0 aliphatic heterocycles. The first-order valence-electron chi connectivity index (χ1n) is 5.32. The minimum atomic E-state index is -0.717. The molecule has 0 aromatic rings. The van der Waals surface area contributed by atoms with Crippen LogP contribution in [0.5, 0.6) is 0 Å². The Bertz CT molecular complexity index is 207. The van der Waals surface area contributed by atoms with Gasteiger partial charge in [-0.2, -0.15) is 0 Å². The van der Waals surface area contributed by atoms with Gasteiger partial charge in [0.25, 0.3) is 0 Å². The largest absolute Gasteiger partial charge is 0.507 e. The van der Waals surface area contributed by atoms with Gasteiger partial charge in [-0.1, -0.05) is 13.3 Å². The molecule has 0 aliphatic rings. The summed E-state index contributed by atoms with van der Waals surface area (Å²) < 4.78 is 13.7. The third-order valence-electron chi connectivity index (χ3n) is 1.71. The van der Waals surface area contributed by atoms with Gasteiger partial charge in [-0.05, 0) is 12.8 Å². The lowest BCUT2D eigenvalue weighted by Gasteiger charge is -2.06. The van der Waals surface area contributed by atoms with Crippen molar-refractivity contribution < 1.29 is 23.8 Å². The van der Waals surface area contributed by atoms with Gasteiger partial charge in [0.05, 0.1) is 20.3 Å². The zero-order chi connectivity index (χ0) is 12.2. The number of rotatable bonds is 7. The molecule has 0 atom stereocenters. The van der Waals surface area contributed by atoms with E-state index < -0.39 is 12.2 Å². The summed E-state index contributed by atoms with van der Waals surface area (Å²) in [6.45, 7) is 3.07. The predicted octanol–water partition coefficient (Wildman–Crippen LogP) is 1.69. The van der Waals surface area contributed by atoms with E-state index in [0.29, 0.717) is 19.6 Å². The summed E-state index contributed by atoms with van der Waals surface area (Å²) in [5.74, 6) is 0. The van der Waals surface area contributed by atoms with E-state index in [0.717, 1.165) is 12.8 Å². The minimum Gasteiger partial charge on any atom is -0.450 e. The molecule has 0 saturated heterocycles. The van der Waals surface area contributed by atoms with E-state index in [1.54, 1.807) is 0 Å². The molecule has 94 valence electrons. The van der Waals surface area contributed by atoms with Crippen LogP contribution in [0.25, 0.3) is 0 Å². The highest BCUT2D eigenvalue weighted by molar-refractivity contribution is 5.67. The van der Waals surface area contributed by atoms with Crippen molar-refractivity contribution in [1.82, 2.24) is 5.32 Å². The Labute approximate surface area is 95.2 Å². The number of unbranched alkanes of at least 4 members (excludes halogenated alkanes) is 1. The number of nitrogens with one attached hydrogen (secondary N) is 1. The lowest BCUT2D eigenvalue weighted by atomic mass is 10.4. The van der Waals surface area contributed by atoms with Gasteiger partial charge in [-0.25, -0.2) is 9.59 Å². The minimum absolute atomic E-state index is 0.210. The van der Waals surface area contributed by atoms with Crippen LogP contribution in [-0.4, -0.2) is 39.1 Å². The molecule has 0 aliphatic carbocycles. The van der Waals surface area contributed by atoms with Crippen LogP contribution in [0.15, 0.2) is 0 Å². The van der Waals surface area contributed by atoms with Crippen LogP contribution < -0.4 is 5.32 Å². The SMILES string of the molecule is CCCCOC(=O)NCCCOC(=O)OC. The normalized spacial score (nSPS) is 9.38. The fourth-order valence-corrected chi connectivity index (χ4v) is 0.837. The zero-order valence-electron chi connectivity index (χ0n) is 9.78. The van der Waals surface area contributed by atoms with Crippen molar-refractivity contribution in [3.05, 3.63) is 0 Å². The predicted molar refractivity (Wildman–Crippen MR) is 57.2 cm³/mol. The van der Waals surface area contributed by atoms with Gasteiger partial charge < -0.3 is 19.5 Å². The van der Waals surface area contributed by atoms with Gasteiger partial charge in [0.1, 0.15) is 0 Å². The molecular weight excluding hydrogens is 214 g/mol. The van der Waals surface area contributed by atoms with Gasteiger partial charge in [-0.3, -0.25) is 0 Å². The summed E-state index contributed by atoms with van der Waals surface area (Å²) in [4.78, 5) is 21.5. The van der Waals surface area contributed by atoms with Crippen molar-refractivity contribution in [3.8, 4) is 0 Å². The van der Waals surface area contributed by atoms with Gasteiger partial charge in [0.2, 0.25) is 0 Å². The average Bonchev–Trinajstić information content (AvgIpc) is 2.28. The molecule has 0 spiro atoms. The zero-order valence-corrected chi connectivity index (χ0v) is 9.78. The Morgan fingerprint density at radius 2 is 1.81 bits per heavy atom. The highest BCUT2D eigenvalue weighted by atomic mass is 16.7. The van der Waals surface area contributed by atoms with Crippen LogP contribution in [0.3, 0.4) is 0 Å². The molecule has 0 unspecified atom stereocenters. The van der Waals surface area contributed by atoms with E-state index >= 15 is 0 Å². The van der Waals surface area contributed by atoms with E-state index in [2.05, 4.69) is 14.8 Å². The first-order valence-corrected chi connectivity index (χ1v) is 5.32. The third kappa shape index (κ3) is 9.11. The Morgan fingerprint density at radius 1 is 1.12 bits per heavy atom. The molecule has 0 fully saturated rings. The second-order valence-corrected chi connectivity index (χ2v) is 3.07. The van der Waals surface area contributed by atoms with Gasteiger partial charge >= 0.3 is 12.2 Å². The molecule has 6 heteroatoms. The highest BCUT2D eigenvalue weighted by Gasteiger charge is 2.02. The Kier molecular flexibility index (Phi) is 9.15. The second-order valence-electron chi connectivity index (χ2n) is 3.07. The van der Waals surface area contributed by atoms with Crippen molar-refractivity contribution in [1.29, 1.82) is 0 Å². The lowest BCUT2D eigenvalue weighted by molar-refractivity contribution is 0.0718. The molecule has 16 heavy (non-hydrogen) atoms. The van der Waals surface area contributed by atoms with Crippen molar-refractivity contribution in [2.75, 3.05) is 26.9 Å². The lowest BCUT2D eigenvalue weighted by Crippen LogP contribution is -2.26. The van der Waals surface area contributed by atoms with Gasteiger partial charge in [0, 0.05) is 6.54 Å². The summed E-state index contributed by atoms with van der Waals surface area (Å²) in [5.41, 5.74) is 0. The number of hydrogen-bond donors (Lipinski definition) is 1. The Balaban J connectivity index is 3.24. The standard InChI is InChI=1S/C10H19NO5/c1-3-4-7-15-9(12)11-6-5-8-16-10(13)14-2/h3-8H2,1-2H3,(H,11,12). The molecule has 1 amide bonds. The Morgan fingerprint density at radius 3 is 2.44 bits per heavy atom. The molecule has 0 aromatic carbocycles. The number of ether oxygens (including phenoxy) is 3. The maximum absolute atomic E-state index is 11.0. The molecule has 0 rings (SSSR count). The van der Waals surface area contributed by atoms with Crippen molar-refractivity contribution >= 4 is 12.2 Å². The van der Waals surface area contributed by atoms with Crippen LogP contribution in [0, 0.1) is 0 Å². The number of carbonyl (C=O) groups is 2. The fraction of sp³-hybridized carbons (Fsp3) is 0.800. The first kappa shape index (κ1) is 14.5. The number of amides is 1. The van der Waals surface area contributed by atoms with E-state index in [1.807, 2.05) is 6.92 Å². The summed E-state index contributed by atoms with van der Waals surface area (Å²) in [6.07, 6.45) is 1.22. The average molecular weight is 233 g/mol. The van der Waals surface area contributed by atoms with Crippen molar-refractivity contribution in [2.24, 2.45) is 0 Å². The Hall–Kier alpha value is -1.46. The molecule has 0 aromatic heterocycles. The summed E-state index contributed by atoms with van der Waals surface area (Å²) >= 11 is 0. The molecular formula is C10H19NO5. The quantitative estimate of drug-likeness (QED) is 0.535. The maximum Gasteiger partial charge on any atom is 0.507 e. The first-order chi connectivity index (χ1) is 7.70. The topological polar surface area (TPSA) is 73.9 Å². The van der Waals surface area contributed by atoms with E-state index in [9.17, 15) is 9.59 Å². The van der Waals surface area contributed by atoms with Gasteiger partial charge in [0.15, 0.2) is 0 Å². The number of alkyl carbamates (subject to hydrolysis) is 1. The van der Waals surface area contributed by atoms with Gasteiger partial charge in [-0.15, -0.1) is 0 Å². The second kappa shape index (κ2) is 10.1. The van der Waals surface area contributed by atoms with Crippen LogP contribution in [0.4, 0.5) is 9.59 Å². The summed E-state index contributed by atoms with van der Waals surface area (Å²) in [5, 5.41) is 2.54. The molecule has 0 radical (unpaired) electrons. The maximum atomic E-state index is 11.0. The van der Waals surface area contributed by atoms with Crippen LogP contribution in [-0.2, 0) is 14.2 Å². The van der Waals surface area contributed by atoms with E-state index in [4.69, 9.17) is 4.74 Å². The number of carbonyl (C=O) groups excluding carboxylic acids is 2. The van der Waals surface area contributed by atoms with Crippen molar-refractivity contribution in [3.63, 3.8) is 0 Å². The molecule has 6 nitrogen and oxygen atoms in total. The van der Waals surface area contributed by atoms with Crippen LogP contribution >= 0.6 is 0 Å². The van der Waals surface area contributed by atoms with E-state index in [1.165, 1.54) is 7.11 Å². The summed E-state index contributed by atoms with van der Waals surface area (Å²) in [6, 6.07) is 0. The number of hydrogen-bond acceptors (Lipinski definition) is 5. The molecule has 1 N–H and O–H groups in total. The van der Waals surface area contributed by atoms with Crippen molar-refractivity contribution in [2.45, 2.75) is 26.2 Å². The summed E-state index contributed by atoms with van der Waals surface area (Å²) in [7, 11) is 1.24. The molecule has 0 heterocycles. The smallest absolute Gasteiger partial charge is 0.450 e. The van der Waals surface area contributed by atoms with E-state index in [-0.39, 0.29) is 6.61 Å². The fourth-order valence-electron chi connectivity index (χ4n) is 0.837. The molecule has 0 bridgehead atoms. The highest BCUT2D eigenvalue weighted by Crippen LogP contribution is 1.89. The van der Waals surface area contributed by atoms with Crippen LogP contribution in [0.2, 0.25) is 0 Å². The third-order valence-corrected chi connectivity index (χ3v) is 1.71. The monoisotopic (exact) mass is 233 g/mol. The number of methoxy groups -OCH3 is 1. The van der Waals surface area contributed by atoms with Crippen LogP contribution in [0.1, 0.15) is 26.2 Å².